The minimum absolute atomic E-state index is 0.220. The van der Waals surface area contributed by atoms with Gasteiger partial charge >= 0.3 is 0 Å². The molecule has 0 saturated heterocycles. The molecular weight excluding hydrogens is 542 g/mol. The summed E-state index contributed by atoms with van der Waals surface area (Å²) in [5, 5.41) is 2.91. The van der Waals surface area contributed by atoms with Crippen LogP contribution in [0.4, 0.5) is 11.4 Å². The smallest absolute Gasteiger partial charge is 0.247 e. The predicted molar refractivity (Wildman–Crippen MR) is 169 cm³/mol. The number of likely N-dealkylation sites (N-methyl/N-ethyl adjacent to an activating group) is 2. The van der Waals surface area contributed by atoms with E-state index in [1.165, 1.54) is 6.08 Å². The summed E-state index contributed by atoms with van der Waals surface area (Å²) in [5.74, 6) is 1.20. The topological polar surface area (TPSA) is 96.9 Å². The average molecular weight is 580 g/mol. The van der Waals surface area contributed by atoms with Crippen LogP contribution in [0.1, 0.15) is 33.0 Å². The first-order valence-corrected chi connectivity index (χ1v) is 13.9. The van der Waals surface area contributed by atoms with Crippen molar-refractivity contribution in [2.45, 2.75) is 13.0 Å². The lowest BCUT2D eigenvalue weighted by atomic mass is 10.1. The van der Waals surface area contributed by atoms with Crippen LogP contribution >= 0.6 is 0 Å². The molecule has 0 aliphatic heterocycles. The summed E-state index contributed by atoms with van der Waals surface area (Å²) in [6.45, 7) is 5.58. The van der Waals surface area contributed by atoms with Gasteiger partial charge in [-0.05, 0) is 62.1 Å². The van der Waals surface area contributed by atoms with Crippen molar-refractivity contribution >= 4 is 23.1 Å². The van der Waals surface area contributed by atoms with Gasteiger partial charge < -0.3 is 24.6 Å². The van der Waals surface area contributed by atoms with E-state index in [0.717, 1.165) is 29.9 Å². The van der Waals surface area contributed by atoms with Crippen LogP contribution in [0.3, 0.4) is 0 Å². The van der Waals surface area contributed by atoms with E-state index in [-0.39, 0.29) is 23.8 Å². The fourth-order valence-electron chi connectivity index (χ4n) is 4.38. The molecule has 9 nitrogen and oxygen atoms in total. The van der Waals surface area contributed by atoms with Crippen LogP contribution in [0.2, 0.25) is 0 Å². The van der Waals surface area contributed by atoms with Crippen LogP contribution in [0.25, 0.3) is 0 Å². The molecule has 43 heavy (non-hydrogen) atoms. The Bertz CT molecular complexity index is 1560. The number of carbonyl (C=O) groups excluding carboxylic acids is 2. The molecule has 4 rings (SSSR count). The number of ketones is 1. The summed E-state index contributed by atoms with van der Waals surface area (Å²) in [4.78, 5) is 38.7. The van der Waals surface area contributed by atoms with Crippen LogP contribution in [0.15, 0.2) is 91.6 Å². The molecule has 222 valence electrons. The van der Waals surface area contributed by atoms with Gasteiger partial charge in [-0.1, -0.05) is 36.9 Å². The summed E-state index contributed by atoms with van der Waals surface area (Å²) >= 11 is 0. The van der Waals surface area contributed by atoms with Crippen molar-refractivity contribution in [2.24, 2.45) is 0 Å². The number of nitrogens with one attached hydrogen (secondary N) is 1. The maximum absolute atomic E-state index is 13.3. The molecule has 0 radical (unpaired) electrons. The fraction of sp³-hybridized carbons (Fsp3) is 0.235. The molecule has 0 aliphatic carbocycles. The average Bonchev–Trinajstić information content (AvgIpc) is 3.03. The number of benzene rings is 3. The second-order valence-corrected chi connectivity index (χ2v) is 10.3. The number of carbonyl (C=O) groups is 2. The molecule has 4 aromatic rings. The molecular formula is C34H37N5O4. The summed E-state index contributed by atoms with van der Waals surface area (Å²) in [7, 11) is 7.57. The van der Waals surface area contributed by atoms with E-state index in [0.29, 0.717) is 35.2 Å². The molecule has 1 amide bonds. The SMILES string of the molecule is C=CC(=O)Nc1cc(Cc2nccc(C(=O)c3ccc(OCc4ccccc4)cc3)n2)c(OC)cc1N(C)CCN(C)C. The van der Waals surface area contributed by atoms with E-state index in [4.69, 9.17) is 9.47 Å². The normalized spacial score (nSPS) is 10.7. The Kier molecular flexibility index (Phi) is 10.6. The molecule has 0 fully saturated rings. The third-order valence-electron chi connectivity index (χ3n) is 6.79. The third kappa shape index (κ3) is 8.50. The fourth-order valence-corrected chi connectivity index (χ4v) is 4.38. The molecule has 0 atom stereocenters. The number of hydrogen-bond acceptors (Lipinski definition) is 8. The quantitative estimate of drug-likeness (QED) is 0.165. The zero-order chi connectivity index (χ0) is 30.8. The van der Waals surface area contributed by atoms with E-state index < -0.39 is 0 Å². The van der Waals surface area contributed by atoms with Gasteiger partial charge in [-0.15, -0.1) is 0 Å². The predicted octanol–water partition coefficient (Wildman–Crippen LogP) is 5.01. The molecule has 0 spiro atoms. The number of rotatable bonds is 14. The first-order valence-electron chi connectivity index (χ1n) is 13.9. The summed E-state index contributed by atoms with van der Waals surface area (Å²) in [6, 6.07) is 22.2. The molecule has 0 bridgehead atoms. The summed E-state index contributed by atoms with van der Waals surface area (Å²) < 4.78 is 11.6. The van der Waals surface area contributed by atoms with Crippen molar-refractivity contribution in [3.05, 3.63) is 120 Å². The number of methoxy groups -OCH3 is 1. The highest BCUT2D eigenvalue weighted by atomic mass is 16.5. The Hall–Kier alpha value is -5.02. The highest BCUT2D eigenvalue weighted by Crippen LogP contribution is 2.34. The molecule has 1 N–H and O–H groups in total. The van der Waals surface area contributed by atoms with Crippen molar-refractivity contribution in [3.63, 3.8) is 0 Å². The van der Waals surface area contributed by atoms with Gasteiger partial charge in [0.1, 0.15) is 29.6 Å². The molecule has 0 saturated carbocycles. The number of anilines is 2. The van der Waals surface area contributed by atoms with Gasteiger partial charge in [-0.3, -0.25) is 9.59 Å². The van der Waals surface area contributed by atoms with Gasteiger partial charge in [-0.2, -0.15) is 0 Å². The Labute approximate surface area is 252 Å². The monoisotopic (exact) mass is 579 g/mol. The number of amides is 1. The maximum Gasteiger partial charge on any atom is 0.247 e. The van der Waals surface area contributed by atoms with E-state index in [1.54, 1.807) is 43.6 Å². The molecule has 9 heteroatoms. The van der Waals surface area contributed by atoms with Crippen LogP contribution in [0, 0.1) is 0 Å². The van der Waals surface area contributed by atoms with Crippen LogP contribution in [0.5, 0.6) is 11.5 Å². The van der Waals surface area contributed by atoms with E-state index in [9.17, 15) is 9.59 Å². The second-order valence-electron chi connectivity index (χ2n) is 10.3. The number of aromatic nitrogens is 2. The zero-order valence-electron chi connectivity index (χ0n) is 25.0. The lowest BCUT2D eigenvalue weighted by Gasteiger charge is -2.25. The molecule has 3 aromatic carbocycles. The van der Waals surface area contributed by atoms with E-state index >= 15 is 0 Å². The number of nitrogens with zero attached hydrogens (tertiary/aromatic N) is 4. The van der Waals surface area contributed by atoms with E-state index in [1.807, 2.05) is 63.6 Å². The van der Waals surface area contributed by atoms with Crippen molar-refractivity contribution in [2.75, 3.05) is 51.6 Å². The first kappa shape index (κ1) is 30.9. The summed E-state index contributed by atoms with van der Waals surface area (Å²) in [5.41, 5.74) is 4.02. The second kappa shape index (κ2) is 14.7. The lowest BCUT2D eigenvalue weighted by Crippen LogP contribution is -2.29. The lowest BCUT2D eigenvalue weighted by molar-refractivity contribution is -0.111. The Morgan fingerprint density at radius 2 is 1.72 bits per heavy atom. The molecule has 0 aliphatic rings. The van der Waals surface area contributed by atoms with Gasteiger partial charge in [0.15, 0.2) is 0 Å². The van der Waals surface area contributed by atoms with Gasteiger partial charge in [0.05, 0.1) is 18.5 Å². The standard InChI is InChI=1S/C34H37N5O4/c1-6-33(40)37-29-20-26(31(42-5)22-30(29)39(4)19-18-38(2)3)21-32-35-17-16-28(36-32)34(41)25-12-14-27(15-13-25)43-23-24-10-8-7-9-11-24/h6-17,20,22H,1,18-19,21,23H2,2-5H3,(H,37,40). The summed E-state index contributed by atoms with van der Waals surface area (Å²) in [6.07, 6.45) is 3.09. The molecule has 1 heterocycles. The highest BCUT2D eigenvalue weighted by Gasteiger charge is 2.18. The Balaban J connectivity index is 1.53. The minimum Gasteiger partial charge on any atom is -0.496 e. The first-order chi connectivity index (χ1) is 20.8. The third-order valence-corrected chi connectivity index (χ3v) is 6.79. The van der Waals surface area contributed by atoms with Gasteiger partial charge in [0, 0.05) is 49.9 Å². The van der Waals surface area contributed by atoms with Gasteiger partial charge in [0.2, 0.25) is 11.7 Å². The maximum atomic E-state index is 13.3. The van der Waals surface area contributed by atoms with Gasteiger partial charge in [0.25, 0.3) is 0 Å². The molecule has 1 aromatic heterocycles. The largest absolute Gasteiger partial charge is 0.496 e. The van der Waals surface area contributed by atoms with Crippen molar-refractivity contribution in [3.8, 4) is 11.5 Å². The van der Waals surface area contributed by atoms with Crippen molar-refractivity contribution < 1.29 is 19.1 Å². The van der Waals surface area contributed by atoms with Crippen LogP contribution in [-0.4, -0.2) is 67.9 Å². The zero-order valence-corrected chi connectivity index (χ0v) is 25.0. The van der Waals surface area contributed by atoms with Gasteiger partial charge in [-0.25, -0.2) is 9.97 Å². The van der Waals surface area contributed by atoms with Crippen molar-refractivity contribution in [1.29, 1.82) is 0 Å². The Morgan fingerprint density at radius 1 is 0.977 bits per heavy atom. The van der Waals surface area contributed by atoms with E-state index in [2.05, 4.69) is 31.7 Å². The van der Waals surface area contributed by atoms with Crippen LogP contribution < -0.4 is 19.7 Å². The van der Waals surface area contributed by atoms with Crippen molar-refractivity contribution in [1.82, 2.24) is 14.9 Å². The number of hydrogen-bond donors (Lipinski definition) is 1. The Morgan fingerprint density at radius 3 is 2.40 bits per heavy atom. The van der Waals surface area contributed by atoms with Crippen LogP contribution in [-0.2, 0) is 17.8 Å². The highest BCUT2D eigenvalue weighted by molar-refractivity contribution is 6.07. The minimum atomic E-state index is -0.321. The number of ether oxygens (including phenoxy) is 2. The molecule has 0 unspecified atom stereocenters.